The minimum absolute atomic E-state index is 0.0257. The van der Waals surface area contributed by atoms with Crippen LogP contribution in [0.5, 0.6) is 0 Å². The fourth-order valence-electron chi connectivity index (χ4n) is 2.29. The van der Waals surface area contributed by atoms with Crippen LogP contribution in [0.3, 0.4) is 0 Å². The molecule has 2 heterocycles. The van der Waals surface area contributed by atoms with Gasteiger partial charge in [0.1, 0.15) is 0 Å². The summed E-state index contributed by atoms with van der Waals surface area (Å²) >= 11 is 0. The van der Waals surface area contributed by atoms with E-state index < -0.39 is 0 Å². The summed E-state index contributed by atoms with van der Waals surface area (Å²) in [6.45, 7) is 2.53. The molecule has 1 atom stereocenters. The Labute approximate surface area is 123 Å². The van der Waals surface area contributed by atoms with Crippen molar-refractivity contribution in [2.45, 2.75) is 19.5 Å². The van der Waals surface area contributed by atoms with E-state index in [2.05, 4.69) is 27.6 Å². The second-order valence-electron chi connectivity index (χ2n) is 4.91. The van der Waals surface area contributed by atoms with E-state index in [1.54, 1.807) is 0 Å². The lowest BCUT2D eigenvalue weighted by atomic mass is 10.0. The van der Waals surface area contributed by atoms with Crippen LogP contribution in [0.15, 0.2) is 65.3 Å². The monoisotopic (exact) mass is 279 g/mol. The first kappa shape index (κ1) is 13.5. The number of hydrogen-bond donors (Lipinski definition) is 1. The first-order chi connectivity index (χ1) is 10.3. The quantitative estimate of drug-likeness (QED) is 0.779. The second kappa shape index (κ2) is 6.33. The van der Waals surface area contributed by atoms with Crippen molar-refractivity contribution < 1.29 is 4.52 Å². The maximum Gasteiger partial charge on any atom is 0.150 e. The smallest absolute Gasteiger partial charge is 0.150 e. The Kier molecular flexibility index (Phi) is 4.07. The minimum Gasteiger partial charge on any atom is -0.360 e. The third kappa shape index (κ3) is 3.35. The van der Waals surface area contributed by atoms with Crippen molar-refractivity contribution in [3.63, 3.8) is 0 Å². The molecule has 0 aliphatic carbocycles. The molecule has 1 unspecified atom stereocenters. The molecule has 2 aromatic heterocycles. The first-order valence-corrected chi connectivity index (χ1v) is 6.94. The predicted octanol–water partition coefficient (Wildman–Crippen LogP) is 3.26. The van der Waals surface area contributed by atoms with E-state index in [9.17, 15) is 0 Å². The maximum absolute atomic E-state index is 5.25. The molecule has 0 spiro atoms. The zero-order valence-corrected chi connectivity index (χ0v) is 11.9. The summed E-state index contributed by atoms with van der Waals surface area (Å²) in [5.74, 6) is 0.823. The average Bonchev–Trinajstić information content (AvgIpc) is 2.95. The van der Waals surface area contributed by atoms with Crippen LogP contribution in [0.1, 0.15) is 28.8 Å². The highest BCUT2D eigenvalue weighted by molar-refractivity contribution is 5.27. The predicted molar refractivity (Wildman–Crippen MR) is 80.6 cm³/mol. The number of hydrogen-bond acceptors (Lipinski definition) is 4. The SMILES string of the molecule is Cc1cc(CNC(c2ccccc2)c2ccccn2)on1. The number of rotatable bonds is 5. The standard InChI is InChI=1S/C17H17N3O/c1-13-11-15(21-20-13)12-19-17(14-7-3-2-4-8-14)16-9-5-6-10-18-16/h2-11,17,19H,12H2,1H3. The van der Waals surface area contributed by atoms with Gasteiger partial charge in [0.25, 0.3) is 0 Å². The largest absolute Gasteiger partial charge is 0.360 e. The Morgan fingerprint density at radius 1 is 1.10 bits per heavy atom. The summed E-state index contributed by atoms with van der Waals surface area (Å²) in [7, 11) is 0. The highest BCUT2D eigenvalue weighted by atomic mass is 16.5. The fourth-order valence-corrected chi connectivity index (χ4v) is 2.29. The van der Waals surface area contributed by atoms with Crippen LogP contribution >= 0.6 is 0 Å². The Balaban J connectivity index is 1.83. The van der Waals surface area contributed by atoms with Crippen molar-refractivity contribution >= 4 is 0 Å². The Bertz CT molecular complexity index is 640. The van der Waals surface area contributed by atoms with Crippen LogP contribution in [0.4, 0.5) is 0 Å². The third-order valence-corrected chi connectivity index (χ3v) is 3.27. The van der Waals surface area contributed by atoms with Crippen LogP contribution < -0.4 is 5.32 Å². The van der Waals surface area contributed by atoms with E-state index in [0.717, 1.165) is 17.1 Å². The molecule has 4 heteroatoms. The second-order valence-corrected chi connectivity index (χ2v) is 4.91. The van der Waals surface area contributed by atoms with E-state index in [-0.39, 0.29) is 6.04 Å². The zero-order valence-electron chi connectivity index (χ0n) is 11.9. The van der Waals surface area contributed by atoms with E-state index >= 15 is 0 Å². The molecule has 1 N–H and O–H groups in total. The summed E-state index contributed by atoms with van der Waals surface area (Å²) in [4.78, 5) is 4.46. The van der Waals surface area contributed by atoms with E-state index in [0.29, 0.717) is 6.54 Å². The molecule has 0 amide bonds. The molecule has 0 bridgehead atoms. The van der Waals surface area contributed by atoms with Gasteiger partial charge in [0.2, 0.25) is 0 Å². The molecule has 0 aliphatic heterocycles. The van der Waals surface area contributed by atoms with Gasteiger partial charge in [0.15, 0.2) is 5.76 Å². The summed E-state index contributed by atoms with van der Waals surface area (Å²) in [6.07, 6.45) is 1.81. The van der Waals surface area contributed by atoms with Gasteiger partial charge in [-0.2, -0.15) is 0 Å². The average molecular weight is 279 g/mol. The molecule has 0 aliphatic rings. The lowest BCUT2D eigenvalue weighted by Gasteiger charge is -2.18. The van der Waals surface area contributed by atoms with Gasteiger partial charge >= 0.3 is 0 Å². The Hall–Kier alpha value is -2.46. The molecule has 0 saturated heterocycles. The molecular weight excluding hydrogens is 262 g/mol. The normalized spacial score (nSPS) is 12.2. The molecule has 0 radical (unpaired) electrons. The van der Waals surface area contributed by atoms with Crippen molar-refractivity contribution in [3.8, 4) is 0 Å². The van der Waals surface area contributed by atoms with E-state index in [1.807, 2.05) is 55.6 Å². The van der Waals surface area contributed by atoms with Gasteiger partial charge in [-0.15, -0.1) is 0 Å². The van der Waals surface area contributed by atoms with E-state index in [1.165, 1.54) is 5.56 Å². The summed E-state index contributed by atoms with van der Waals surface area (Å²) in [5, 5.41) is 7.40. The molecule has 0 fully saturated rings. The van der Waals surface area contributed by atoms with Gasteiger partial charge in [0, 0.05) is 12.3 Å². The molecule has 106 valence electrons. The van der Waals surface area contributed by atoms with Crippen LogP contribution in [0.2, 0.25) is 0 Å². The molecule has 4 nitrogen and oxygen atoms in total. The van der Waals surface area contributed by atoms with Gasteiger partial charge in [0.05, 0.1) is 24.0 Å². The van der Waals surface area contributed by atoms with Gasteiger partial charge in [-0.05, 0) is 24.6 Å². The molecule has 0 saturated carbocycles. The van der Waals surface area contributed by atoms with Crippen molar-refractivity contribution in [2.24, 2.45) is 0 Å². The lowest BCUT2D eigenvalue weighted by Crippen LogP contribution is -2.22. The Morgan fingerprint density at radius 2 is 1.90 bits per heavy atom. The topological polar surface area (TPSA) is 51.0 Å². The number of aryl methyl sites for hydroxylation is 1. The molecule has 21 heavy (non-hydrogen) atoms. The van der Waals surface area contributed by atoms with Gasteiger partial charge in [-0.1, -0.05) is 41.6 Å². The first-order valence-electron chi connectivity index (χ1n) is 6.94. The minimum atomic E-state index is 0.0257. The highest BCUT2D eigenvalue weighted by Crippen LogP contribution is 2.20. The maximum atomic E-state index is 5.25. The Morgan fingerprint density at radius 3 is 2.57 bits per heavy atom. The third-order valence-electron chi connectivity index (χ3n) is 3.27. The van der Waals surface area contributed by atoms with Gasteiger partial charge < -0.3 is 4.52 Å². The van der Waals surface area contributed by atoms with Crippen molar-refractivity contribution in [1.82, 2.24) is 15.5 Å². The molecule has 1 aromatic carbocycles. The number of nitrogens with zero attached hydrogens (tertiary/aromatic N) is 2. The summed E-state index contributed by atoms with van der Waals surface area (Å²) in [5.41, 5.74) is 3.05. The fraction of sp³-hybridized carbons (Fsp3) is 0.176. The summed E-state index contributed by atoms with van der Waals surface area (Å²) < 4.78 is 5.25. The van der Waals surface area contributed by atoms with E-state index in [4.69, 9.17) is 4.52 Å². The van der Waals surface area contributed by atoms with Gasteiger partial charge in [-0.25, -0.2) is 0 Å². The molecule has 3 rings (SSSR count). The molecule has 3 aromatic rings. The van der Waals surface area contributed by atoms with Crippen LogP contribution in [0, 0.1) is 6.92 Å². The van der Waals surface area contributed by atoms with Crippen LogP contribution in [0.25, 0.3) is 0 Å². The van der Waals surface area contributed by atoms with Crippen molar-refractivity contribution in [2.75, 3.05) is 0 Å². The molecular formula is C17H17N3O. The highest BCUT2D eigenvalue weighted by Gasteiger charge is 2.15. The van der Waals surface area contributed by atoms with Crippen LogP contribution in [-0.2, 0) is 6.54 Å². The van der Waals surface area contributed by atoms with Gasteiger partial charge in [-0.3, -0.25) is 10.3 Å². The zero-order chi connectivity index (χ0) is 14.5. The van der Waals surface area contributed by atoms with Crippen molar-refractivity contribution in [1.29, 1.82) is 0 Å². The number of pyridine rings is 1. The lowest BCUT2D eigenvalue weighted by molar-refractivity contribution is 0.364. The number of benzene rings is 1. The summed E-state index contributed by atoms with van der Waals surface area (Å²) in [6, 6.07) is 18.2. The number of nitrogens with one attached hydrogen (secondary N) is 1. The number of aromatic nitrogens is 2. The van der Waals surface area contributed by atoms with Crippen LogP contribution in [-0.4, -0.2) is 10.1 Å². The van der Waals surface area contributed by atoms with Crippen molar-refractivity contribution in [3.05, 3.63) is 83.5 Å².